The molecule has 0 fully saturated rings. The number of rotatable bonds is 7. The number of halogens is 1. The molecule has 3 N–H and O–H groups in total. The van der Waals surface area contributed by atoms with Crippen molar-refractivity contribution in [2.45, 2.75) is 32.9 Å². The summed E-state index contributed by atoms with van der Waals surface area (Å²) in [5.74, 6) is 0.536. The zero-order valence-corrected chi connectivity index (χ0v) is 13.0. The number of nitrogens with one attached hydrogen (secondary N) is 1. The largest absolute Gasteiger partial charge is 0.379 e. The Hall–Kier alpha value is -1.14. The number of anilines is 1. The van der Waals surface area contributed by atoms with Crippen molar-refractivity contribution in [1.82, 2.24) is 9.78 Å². The second kappa shape index (κ2) is 7.45. The topological polar surface area (TPSA) is 72.9 Å². The first-order valence-corrected chi connectivity index (χ1v) is 7.12. The lowest BCUT2D eigenvalue weighted by Crippen LogP contribution is -2.32. The second-order valence-electron chi connectivity index (χ2n) is 4.85. The van der Waals surface area contributed by atoms with Gasteiger partial charge in [-0.25, -0.2) is 4.68 Å². The molecule has 0 amide bonds. The van der Waals surface area contributed by atoms with Gasteiger partial charge >= 0.3 is 0 Å². The molecule has 0 saturated carbocycles. The summed E-state index contributed by atoms with van der Waals surface area (Å²) in [5, 5.41) is 7.36. The first-order chi connectivity index (χ1) is 8.99. The molecule has 1 unspecified atom stereocenters. The van der Waals surface area contributed by atoms with E-state index in [4.69, 9.17) is 5.73 Å². The Morgan fingerprint density at radius 2 is 2.32 bits per heavy atom. The summed E-state index contributed by atoms with van der Waals surface area (Å²) < 4.78 is 1.83. The van der Waals surface area contributed by atoms with Crippen molar-refractivity contribution in [1.29, 1.82) is 0 Å². The Bertz CT molecular complexity index is 484. The lowest BCUT2D eigenvalue weighted by atomic mass is 10.0. The van der Waals surface area contributed by atoms with Gasteiger partial charge in [0.2, 0.25) is 0 Å². The van der Waals surface area contributed by atoms with Crippen LogP contribution < -0.4 is 16.6 Å². The van der Waals surface area contributed by atoms with E-state index in [-0.39, 0.29) is 11.6 Å². The minimum Gasteiger partial charge on any atom is -0.379 e. The summed E-state index contributed by atoms with van der Waals surface area (Å²) in [7, 11) is 0. The standard InChI is InChI=1S/C13H21BrN4O/c1-4-5-18-13(19)12(14)11(8-16-18)17-10(7-15)6-9(2)3/h4,8-10,17H,1,5-7,15H2,2-3H3. The highest BCUT2D eigenvalue weighted by Gasteiger charge is 2.13. The van der Waals surface area contributed by atoms with Crippen LogP contribution in [0.3, 0.4) is 0 Å². The summed E-state index contributed by atoms with van der Waals surface area (Å²) in [5.41, 5.74) is 6.25. The summed E-state index contributed by atoms with van der Waals surface area (Å²) in [6.45, 7) is 8.78. The van der Waals surface area contributed by atoms with E-state index in [1.165, 1.54) is 4.68 Å². The average molecular weight is 329 g/mol. The molecule has 0 aliphatic rings. The molecule has 106 valence electrons. The molecule has 0 aromatic carbocycles. The first kappa shape index (κ1) is 15.9. The third kappa shape index (κ3) is 4.47. The highest BCUT2D eigenvalue weighted by Crippen LogP contribution is 2.18. The van der Waals surface area contributed by atoms with E-state index in [9.17, 15) is 4.79 Å². The van der Waals surface area contributed by atoms with Crippen LogP contribution in [0.25, 0.3) is 0 Å². The third-order valence-electron chi connectivity index (χ3n) is 2.69. The maximum atomic E-state index is 12.0. The zero-order chi connectivity index (χ0) is 14.4. The molecule has 0 spiro atoms. The second-order valence-corrected chi connectivity index (χ2v) is 5.65. The van der Waals surface area contributed by atoms with Crippen molar-refractivity contribution in [3.05, 3.63) is 33.7 Å². The minimum atomic E-state index is -0.176. The Morgan fingerprint density at radius 1 is 1.63 bits per heavy atom. The number of allylic oxidation sites excluding steroid dienone is 1. The van der Waals surface area contributed by atoms with Crippen molar-refractivity contribution in [2.75, 3.05) is 11.9 Å². The molecule has 1 atom stereocenters. The molecule has 0 radical (unpaired) electrons. The van der Waals surface area contributed by atoms with E-state index in [1.54, 1.807) is 12.3 Å². The average Bonchev–Trinajstić information content (AvgIpc) is 2.37. The smallest absolute Gasteiger partial charge is 0.283 e. The van der Waals surface area contributed by atoms with Crippen LogP contribution in [0.2, 0.25) is 0 Å². The maximum absolute atomic E-state index is 12.0. The SMILES string of the molecule is C=CCn1ncc(NC(CN)CC(C)C)c(Br)c1=O. The quantitative estimate of drug-likeness (QED) is 0.750. The van der Waals surface area contributed by atoms with Crippen molar-refractivity contribution in [2.24, 2.45) is 11.7 Å². The molecule has 5 nitrogen and oxygen atoms in total. The monoisotopic (exact) mass is 328 g/mol. The fraction of sp³-hybridized carbons (Fsp3) is 0.538. The summed E-state index contributed by atoms with van der Waals surface area (Å²) >= 11 is 3.31. The van der Waals surface area contributed by atoms with Gasteiger partial charge < -0.3 is 11.1 Å². The Balaban J connectivity index is 2.92. The molecule has 6 heteroatoms. The van der Waals surface area contributed by atoms with Crippen LogP contribution in [0.1, 0.15) is 20.3 Å². The number of nitrogens with two attached hydrogens (primary N) is 1. The van der Waals surface area contributed by atoms with Crippen LogP contribution in [0.4, 0.5) is 5.69 Å². The van der Waals surface area contributed by atoms with Gasteiger partial charge in [0.25, 0.3) is 5.56 Å². The van der Waals surface area contributed by atoms with Gasteiger partial charge in [-0.3, -0.25) is 4.79 Å². The summed E-state index contributed by atoms with van der Waals surface area (Å²) in [6.07, 6.45) is 4.21. The molecule has 0 saturated heterocycles. The van der Waals surface area contributed by atoms with Crippen LogP contribution in [-0.2, 0) is 6.54 Å². The highest BCUT2D eigenvalue weighted by atomic mass is 79.9. The van der Waals surface area contributed by atoms with Gasteiger partial charge in [-0.15, -0.1) is 6.58 Å². The molecule has 1 aromatic rings. The van der Waals surface area contributed by atoms with Crippen molar-refractivity contribution in [3.8, 4) is 0 Å². The zero-order valence-electron chi connectivity index (χ0n) is 11.4. The van der Waals surface area contributed by atoms with Gasteiger partial charge in [0, 0.05) is 12.6 Å². The number of hydrogen-bond acceptors (Lipinski definition) is 4. The first-order valence-electron chi connectivity index (χ1n) is 6.32. The van der Waals surface area contributed by atoms with Crippen LogP contribution in [-0.4, -0.2) is 22.4 Å². The summed E-state index contributed by atoms with van der Waals surface area (Å²) in [4.78, 5) is 12.0. The molecular weight excluding hydrogens is 308 g/mol. The predicted molar refractivity (Wildman–Crippen MR) is 82.3 cm³/mol. The predicted octanol–water partition coefficient (Wildman–Crippen LogP) is 1.98. The third-order valence-corrected chi connectivity index (χ3v) is 3.45. The molecule has 19 heavy (non-hydrogen) atoms. The van der Waals surface area contributed by atoms with E-state index in [1.807, 2.05) is 0 Å². The van der Waals surface area contributed by atoms with Crippen LogP contribution in [0, 0.1) is 5.92 Å². The van der Waals surface area contributed by atoms with E-state index in [0.717, 1.165) is 6.42 Å². The molecule has 1 aromatic heterocycles. The number of nitrogens with zero attached hydrogens (tertiary/aromatic N) is 2. The maximum Gasteiger partial charge on any atom is 0.283 e. The van der Waals surface area contributed by atoms with Gasteiger partial charge in [-0.1, -0.05) is 19.9 Å². The number of aromatic nitrogens is 2. The van der Waals surface area contributed by atoms with Crippen molar-refractivity contribution < 1.29 is 0 Å². The van der Waals surface area contributed by atoms with E-state index in [0.29, 0.717) is 29.2 Å². The van der Waals surface area contributed by atoms with Gasteiger partial charge in [0.05, 0.1) is 18.4 Å². The van der Waals surface area contributed by atoms with E-state index >= 15 is 0 Å². The molecule has 0 aliphatic carbocycles. The normalized spacial score (nSPS) is 12.5. The molecular formula is C13H21BrN4O. The van der Waals surface area contributed by atoms with Gasteiger partial charge in [-0.2, -0.15) is 5.10 Å². The summed E-state index contributed by atoms with van der Waals surface area (Å²) in [6, 6.07) is 0.132. The fourth-order valence-corrected chi connectivity index (χ4v) is 2.24. The van der Waals surface area contributed by atoms with Crippen molar-refractivity contribution >= 4 is 21.6 Å². The Morgan fingerprint density at radius 3 is 2.84 bits per heavy atom. The lowest BCUT2D eigenvalue weighted by Gasteiger charge is -2.20. The highest BCUT2D eigenvalue weighted by molar-refractivity contribution is 9.10. The van der Waals surface area contributed by atoms with Crippen LogP contribution in [0.5, 0.6) is 0 Å². The minimum absolute atomic E-state index is 0.132. The molecule has 1 rings (SSSR count). The molecule has 0 bridgehead atoms. The Labute approximate surface area is 122 Å². The Kier molecular flexibility index (Phi) is 6.24. The molecule has 1 heterocycles. The van der Waals surface area contributed by atoms with Crippen molar-refractivity contribution in [3.63, 3.8) is 0 Å². The molecule has 0 aliphatic heterocycles. The van der Waals surface area contributed by atoms with E-state index in [2.05, 4.69) is 46.8 Å². The van der Waals surface area contributed by atoms with Crippen LogP contribution in [0.15, 0.2) is 28.1 Å². The van der Waals surface area contributed by atoms with Gasteiger partial charge in [-0.05, 0) is 28.3 Å². The lowest BCUT2D eigenvalue weighted by molar-refractivity contribution is 0.521. The fourth-order valence-electron chi connectivity index (χ4n) is 1.82. The number of hydrogen-bond donors (Lipinski definition) is 2. The van der Waals surface area contributed by atoms with E-state index < -0.39 is 0 Å². The van der Waals surface area contributed by atoms with Crippen LogP contribution >= 0.6 is 15.9 Å². The van der Waals surface area contributed by atoms with Gasteiger partial charge in [0.1, 0.15) is 4.47 Å². The van der Waals surface area contributed by atoms with Gasteiger partial charge in [0.15, 0.2) is 0 Å².